The van der Waals surface area contributed by atoms with Crippen LogP contribution in [0.5, 0.6) is 0 Å². The summed E-state index contributed by atoms with van der Waals surface area (Å²) in [6.07, 6.45) is 3.22. The number of guanidine groups is 1. The highest BCUT2D eigenvalue weighted by Crippen LogP contribution is 2.15. The number of aryl methyl sites for hydroxylation is 2. The summed E-state index contributed by atoms with van der Waals surface area (Å²) in [4.78, 5) is 4.79. The molecule has 0 amide bonds. The van der Waals surface area contributed by atoms with E-state index in [0.29, 0.717) is 19.3 Å². The lowest BCUT2D eigenvalue weighted by Gasteiger charge is -2.22. The first-order chi connectivity index (χ1) is 15.5. The molecule has 1 saturated heterocycles. The van der Waals surface area contributed by atoms with Crippen molar-refractivity contribution in [2.45, 2.75) is 72.3 Å². The maximum absolute atomic E-state index is 6.02. The van der Waals surface area contributed by atoms with Crippen molar-refractivity contribution < 1.29 is 9.47 Å². The van der Waals surface area contributed by atoms with Crippen molar-refractivity contribution in [2.24, 2.45) is 12.0 Å². The zero-order valence-corrected chi connectivity index (χ0v) is 23.0. The van der Waals surface area contributed by atoms with Gasteiger partial charge in [-0.3, -0.25) is 4.68 Å². The first-order valence-electron chi connectivity index (χ1n) is 11.8. The quantitative estimate of drug-likeness (QED) is 0.271. The first-order valence-corrected chi connectivity index (χ1v) is 11.8. The van der Waals surface area contributed by atoms with E-state index in [1.165, 1.54) is 22.4 Å². The molecule has 1 fully saturated rings. The average Bonchev–Trinajstić information content (AvgIpc) is 3.03. The van der Waals surface area contributed by atoms with Gasteiger partial charge in [0, 0.05) is 38.5 Å². The van der Waals surface area contributed by atoms with Gasteiger partial charge in [-0.25, -0.2) is 4.99 Å². The maximum Gasteiger partial charge on any atom is 0.191 e. The van der Waals surface area contributed by atoms with Gasteiger partial charge < -0.3 is 20.1 Å². The number of rotatable bonds is 9. The maximum atomic E-state index is 6.02. The number of nitrogens with one attached hydrogen (secondary N) is 2. The number of aromatic nitrogens is 2. The molecule has 0 radical (unpaired) electrons. The van der Waals surface area contributed by atoms with Crippen molar-refractivity contribution in [3.63, 3.8) is 0 Å². The lowest BCUT2D eigenvalue weighted by atomic mass is 10.1. The predicted octanol–water partition coefficient (Wildman–Crippen LogP) is 4.04. The van der Waals surface area contributed by atoms with Gasteiger partial charge in [-0.1, -0.05) is 24.3 Å². The van der Waals surface area contributed by atoms with Gasteiger partial charge in [-0.15, -0.1) is 24.0 Å². The molecule has 1 aliphatic rings. The molecule has 1 aromatic heterocycles. The fourth-order valence-corrected chi connectivity index (χ4v) is 3.99. The summed E-state index contributed by atoms with van der Waals surface area (Å²) in [5.74, 6) is 0.839. The van der Waals surface area contributed by atoms with E-state index >= 15 is 0 Å². The molecule has 0 spiro atoms. The molecule has 2 aromatic rings. The molecule has 1 aromatic carbocycles. The number of hydrogen-bond acceptors (Lipinski definition) is 4. The summed E-state index contributed by atoms with van der Waals surface area (Å²) in [7, 11) is 2.00. The highest BCUT2D eigenvalue weighted by atomic mass is 127. The van der Waals surface area contributed by atoms with E-state index in [2.05, 4.69) is 67.7 Å². The second-order valence-corrected chi connectivity index (χ2v) is 8.66. The number of hydrogen-bond donors (Lipinski definition) is 2. The molecule has 3 rings (SSSR count). The lowest BCUT2D eigenvalue weighted by Crippen LogP contribution is -2.43. The van der Waals surface area contributed by atoms with Crippen molar-refractivity contribution in [3.8, 4) is 0 Å². The van der Waals surface area contributed by atoms with Crippen molar-refractivity contribution >= 4 is 29.9 Å². The van der Waals surface area contributed by atoms with Gasteiger partial charge in [0.15, 0.2) is 5.96 Å². The van der Waals surface area contributed by atoms with Crippen LogP contribution in [-0.2, 0) is 36.1 Å². The second kappa shape index (κ2) is 13.9. The van der Waals surface area contributed by atoms with E-state index in [0.717, 1.165) is 50.7 Å². The van der Waals surface area contributed by atoms with Gasteiger partial charge in [0.25, 0.3) is 0 Å². The van der Waals surface area contributed by atoms with Crippen LogP contribution < -0.4 is 10.6 Å². The third kappa shape index (κ3) is 8.57. The minimum absolute atomic E-state index is 0. The van der Waals surface area contributed by atoms with E-state index in [1.807, 2.05) is 11.7 Å². The van der Waals surface area contributed by atoms with Crippen LogP contribution in [0, 0.1) is 13.8 Å². The van der Waals surface area contributed by atoms with Crippen LogP contribution in [0.1, 0.15) is 54.8 Å². The fourth-order valence-electron chi connectivity index (χ4n) is 3.99. The molecular weight excluding hydrogens is 529 g/mol. The monoisotopic (exact) mass is 569 g/mol. The molecule has 0 aliphatic carbocycles. The third-order valence-corrected chi connectivity index (χ3v) is 5.99. The summed E-state index contributed by atoms with van der Waals surface area (Å²) >= 11 is 0. The van der Waals surface area contributed by atoms with Crippen molar-refractivity contribution in [2.75, 3.05) is 19.8 Å². The largest absolute Gasteiger partial charge is 0.381 e. The lowest BCUT2D eigenvalue weighted by molar-refractivity contribution is -0.0390. The summed E-state index contributed by atoms with van der Waals surface area (Å²) in [5.41, 5.74) is 6.01. The smallest absolute Gasteiger partial charge is 0.191 e. The molecule has 2 N–H and O–H groups in total. The van der Waals surface area contributed by atoms with Gasteiger partial charge in [0.05, 0.1) is 24.9 Å². The molecule has 8 heteroatoms. The van der Waals surface area contributed by atoms with E-state index in [9.17, 15) is 0 Å². The van der Waals surface area contributed by atoms with Crippen LogP contribution in [-0.4, -0.2) is 47.6 Å². The predicted molar refractivity (Wildman–Crippen MR) is 144 cm³/mol. The minimum Gasteiger partial charge on any atom is -0.381 e. The van der Waals surface area contributed by atoms with E-state index in [-0.39, 0.29) is 30.0 Å². The van der Waals surface area contributed by atoms with E-state index in [1.54, 1.807) is 0 Å². The van der Waals surface area contributed by atoms with Gasteiger partial charge in [0.1, 0.15) is 0 Å². The molecule has 2 heterocycles. The molecule has 1 unspecified atom stereocenters. The number of nitrogens with zero attached hydrogens (tertiary/aromatic N) is 3. The number of aliphatic imine (C=N–C) groups is 1. The zero-order valence-electron chi connectivity index (χ0n) is 20.7. The number of halogens is 1. The number of ether oxygens (including phenoxy) is 2. The highest BCUT2D eigenvalue weighted by molar-refractivity contribution is 14.0. The van der Waals surface area contributed by atoms with Crippen LogP contribution in [0.2, 0.25) is 0 Å². The van der Waals surface area contributed by atoms with E-state index in [4.69, 9.17) is 14.5 Å². The Bertz CT molecular complexity index is 876. The average molecular weight is 570 g/mol. The Morgan fingerprint density at radius 2 is 1.88 bits per heavy atom. The summed E-state index contributed by atoms with van der Waals surface area (Å²) in [6, 6.07) is 8.81. The van der Waals surface area contributed by atoms with Gasteiger partial charge in [0.2, 0.25) is 0 Å². The summed E-state index contributed by atoms with van der Waals surface area (Å²) in [5, 5.41) is 11.4. The van der Waals surface area contributed by atoms with E-state index < -0.39 is 0 Å². The second-order valence-electron chi connectivity index (χ2n) is 8.66. The molecule has 33 heavy (non-hydrogen) atoms. The number of benzene rings is 1. The van der Waals surface area contributed by atoms with Crippen LogP contribution in [0.15, 0.2) is 29.3 Å². The SMILES string of the molecule is CCNC(=NCc1ccc(COC2CCOCC2)cc1)NC(C)Cc1c(C)nn(C)c1C.I. The summed E-state index contributed by atoms with van der Waals surface area (Å²) < 4.78 is 13.4. The van der Waals surface area contributed by atoms with Crippen LogP contribution >= 0.6 is 24.0 Å². The minimum atomic E-state index is 0. The standard InChI is InChI=1S/C25H39N5O2.HI/c1-6-26-25(28-18(2)15-24-19(3)29-30(5)20(24)4)27-16-21-7-9-22(10-8-21)17-32-23-11-13-31-14-12-23;/h7-10,18,23H,6,11-17H2,1-5H3,(H2,26,27,28);1H. The van der Waals surface area contributed by atoms with Crippen LogP contribution in [0.3, 0.4) is 0 Å². The molecule has 0 bridgehead atoms. The van der Waals surface area contributed by atoms with Crippen LogP contribution in [0.25, 0.3) is 0 Å². The Labute approximate surface area is 215 Å². The van der Waals surface area contributed by atoms with Crippen molar-refractivity contribution in [1.82, 2.24) is 20.4 Å². The molecule has 1 atom stereocenters. The van der Waals surface area contributed by atoms with Gasteiger partial charge in [-0.05, 0) is 63.6 Å². The Morgan fingerprint density at radius 3 is 2.48 bits per heavy atom. The van der Waals surface area contributed by atoms with Crippen molar-refractivity contribution in [3.05, 3.63) is 52.3 Å². The zero-order chi connectivity index (χ0) is 22.9. The first kappa shape index (κ1) is 27.6. The molecule has 7 nitrogen and oxygen atoms in total. The molecule has 184 valence electrons. The Kier molecular flexibility index (Phi) is 11.6. The highest BCUT2D eigenvalue weighted by Gasteiger charge is 2.15. The molecule has 0 saturated carbocycles. The Balaban J connectivity index is 0.00000385. The van der Waals surface area contributed by atoms with Crippen molar-refractivity contribution in [1.29, 1.82) is 0 Å². The fraction of sp³-hybridized carbons (Fsp3) is 0.600. The van der Waals surface area contributed by atoms with Crippen LogP contribution in [0.4, 0.5) is 0 Å². The third-order valence-electron chi connectivity index (χ3n) is 5.99. The topological polar surface area (TPSA) is 72.7 Å². The summed E-state index contributed by atoms with van der Waals surface area (Å²) in [6.45, 7) is 12.2. The Morgan fingerprint density at radius 1 is 1.21 bits per heavy atom. The van der Waals surface area contributed by atoms with Gasteiger partial charge in [-0.2, -0.15) is 5.10 Å². The van der Waals surface area contributed by atoms with Gasteiger partial charge >= 0.3 is 0 Å². The molecule has 1 aliphatic heterocycles. The molecular formula is C25H40IN5O2. The Hall–Kier alpha value is -1.65. The normalized spacial score (nSPS) is 15.7.